The molecule has 0 atom stereocenters. The van der Waals surface area contributed by atoms with Crippen molar-refractivity contribution in [2.45, 2.75) is 6.54 Å². The second-order valence-corrected chi connectivity index (χ2v) is 3.74. The summed E-state index contributed by atoms with van der Waals surface area (Å²) in [5, 5.41) is 3.04. The summed E-state index contributed by atoms with van der Waals surface area (Å²) in [6, 6.07) is 3.77. The maximum Gasteiger partial charge on any atom is 0.151 e. The molecule has 0 saturated heterocycles. The topological polar surface area (TPSA) is 38.3 Å². The van der Waals surface area contributed by atoms with Crippen molar-refractivity contribution in [2.24, 2.45) is 0 Å². The van der Waals surface area contributed by atoms with Crippen LogP contribution in [0.1, 0.15) is 5.76 Å². The molecule has 0 aliphatic rings. The summed E-state index contributed by atoms with van der Waals surface area (Å²) in [5.74, 6) is 1.69. The fourth-order valence-corrected chi connectivity index (χ4v) is 1.74. The first-order valence-corrected chi connectivity index (χ1v) is 5.06. The number of halogens is 1. The third kappa shape index (κ3) is 1.63. The Balaban J connectivity index is 2.41. The minimum absolute atomic E-state index is 0.690. The maximum atomic E-state index is 5.36. The summed E-state index contributed by atoms with van der Waals surface area (Å²) >= 11 is 3.42. The predicted molar refractivity (Wildman–Crippen MR) is 56.9 cm³/mol. The van der Waals surface area contributed by atoms with Crippen LogP contribution in [0.4, 0.5) is 0 Å². The lowest BCUT2D eigenvalue weighted by atomic mass is 10.2. The van der Waals surface area contributed by atoms with E-state index in [1.54, 1.807) is 12.5 Å². The number of furan rings is 2. The lowest BCUT2D eigenvalue weighted by Gasteiger charge is -1.99. The average molecular weight is 256 g/mol. The molecule has 4 heteroatoms. The van der Waals surface area contributed by atoms with E-state index < -0.39 is 0 Å². The van der Waals surface area contributed by atoms with Crippen LogP contribution in [0.15, 0.2) is 38.0 Å². The number of hydrogen-bond donors (Lipinski definition) is 1. The van der Waals surface area contributed by atoms with Crippen molar-refractivity contribution >= 4 is 15.9 Å². The highest BCUT2D eigenvalue weighted by molar-refractivity contribution is 9.10. The van der Waals surface area contributed by atoms with Gasteiger partial charge in [-0.3, -0.25) is 0 Å². The molecule has 0 saturated carbocycles. The predicted octanol–water partition coefficient (Wildman–Crippen LogP) is 3.02. The zero-order valence-electron chi connectivity index (χ0n) is 7.71. The van der Waals surface area contributed by atoms with E-state index in [1.165, 1.54) is 0 Å². The highest BCUT2D eigenvalue weighted by Crippen LogP contribution is 2.32. The molecule has 0 radical (unpaired) electrons. The van der Waals surface area contributed by atoms with E-state index in [0.717, 1.165) is 21.6 Å². The number of hydrogen-bond acceptors (Lipinski definition) is 3. The standard InChI is InChI=1S/C10H10BrNO2/c1-12-6-9-7(2-4-13-9)10-8(11)3-5-14-10/h2-5,12H,6H2,1H3. The van der Waals surface area contributed by atoms with Gasteiger partial charge in [-0.05, 0) is 35.1 Å². The first-order chi connectivity index (χ1) is 6.83. The Bertz CT molecular complexity index is 419. The van der Waals surface area contributed by atoms with Crippen molar-refractivity contribution in [3.05, 3.63) is 34.9 Å². The van der Waals surface area contributed by atoms with E-state index in [0.29, 0.717) is 6.54 Å². The number of rotatable bonds is 3. The molecule has 2 aromatic heterocycles. The second kappa shape index (κ2) is 4.02. The minimum atomic E-state index is 0.690. The van der Waals surface area contributed by atoms with Crippen molar-refractivity contribution in [3.63, 3.8) is 0 Å². The van der Waals surface area contributed by atoms with Crippen LogP contribution in [-0.4, -0.2) is 7.05 Å². The monoisotopic (exact) mass is 255 g/mol. The summed E-state index contributed by atoms with van der Waals surface area (Å²) in [7, 11) is 1.88. The first kappa shape index (κ1) is 9.55. The molecule has 0 aliphatic heterocycles. The molecule has 3 nitrogen and oxygen atoms in total. The van der Waals surface area contributed by atoms with Gasteiger partial charge in [0.25, 0.3) is 0 Å². The Morgan fingerprint density at radius 1 is 1.29 bits per heavy atom. The van der Waals surface area contributed by atoms with Gasteiger partial charge >= 0.3 is 0 Å². The summed E-state index contributed by atoms with van der Waals surface area (Å²) in [6.45, 7) is 0.690. The molecule has 14 heavy (non-hydrogen) atoms. The molecule has 0 unspecified atom stereocenters. The zero-order valence-corrected chi connectivity index (χ0v) is 9.30. The van der Waals surface area contributed by atoms with Crippen LogP contribution in [0.3, 0.4) is 0 Å². The van der Waals surface area contributed by atoms with Crippen LogP contribution in [-0.2, 0) is 6.54 Å². The van der Waals surface area contributed by atoms with Gasteiger partial charge in [-0.2, -0.15) is 0 Å². The van der Waals surface area contributed by atoms with Crippen molar-refractivity contribution in [2.75, 3.05) is 7.05 Å². The van der Waals surface area contributed by atoms with Gasteiger partial charge in [-0.1, -0.05) is 0 Å². The van der Waals surface area contributed by atoms with Crippen LogP contribution in [0, 0.1) is 0 Å². The fourth-order valence-electron chi connectivity index (χ4n) is 1.33. The highest BCUT2D eigenvalue weighted by atomic mass is 79.9. The Kier molecular flexibility index (Phi) is 2.74. The van der Waals surface area contributed by atoms with E-state index in [2.05, 4.69) is 21.2 Å². The van der Waals surface area contributed by atoms with Gasteiger partial charge in [0.05, 0.1) is 29.1 Å². The van der Waals surface area contributed by atoms with Gasteiger partial charge < -0.3 is 14.2 Å². The largest absolute Gasteiger partial charge is 0.467 e. The molecular weight excluding hydrogens is 246 g/mol. The third-order valence-electron chi connectivity index (χ3n) is 1.94. The lowest BCUT2D eigenvalue weighted by molar-refractivity contribution is 0.493. The van der Waals surface area contributed by atoms with E-state index in [1.807, 2.05) is 19.2 Å². The zero-order chi connectivity index (χ0) is 9.97. The molecule has 2 heterocycles. The van der Waals surface area contributed by atoms with Crippen LogP contribution in [0.2, 0.25) is 0 Å². The average Bonchev–Trinajstić information content (AvgIpc) is 2.74. The normalized spacial score (nSPS) is 10.7. The van der Waals surface area contributed by atoms with Gasteiger partial charge in [0.15, 0.2) is 5.76 Å². The van der Waals surface area contributed by atoms with Gasteiger partial charge in [0.1, 0.15) is 5.76 Å². The Morgan fingerprint density at radius 3 is 2.71 bits per heavy atom. The molecule has 1 N–H and O–H groups in total. The Labute approximate surface area is 90.2 Å². The summed E-state index contributed by atoms with van der Waals surface area (Å²) in [4.78, 5) is 0. The first-order valence-electron chi connectivity index (χ1n) is 4.27. The molecule has 0 spiro atoms. The number of nitrogens with one attached hydrogen (secondary N) is 1. The van der Waals surface area contributed by atoms with E-state index >= 15 is 0 Å². The smallest absolute Gasteiger partial charge is 0.151 e. The molecule has 0 aromatic carbocycles. The summed E-state index contributed by atoms with van der Waals surface area (Å²) < 4.78 is 11.6. The molecule has 0 aliphatic carbocycles. The maximum absolute atomic E-state index is 5.36. The van der Waals surface area contributed by atoms with E-state index in [9.17, 15) is 0 Å². The van der Waals surface area contributed by atoms with Gasteiger partial charge in [0.2, 0.25) is 0 Å². The molecule has 0 amide bonds. The minimum Gasteiger partial charge on any atom is -0.467 e. The van der Waals surface area contributed by atoms with Crippen LogP contribution >= 0.6 is 15.9 Å². The quantitative estimate of drug-likeness (QED) is 0.917. The van der Waals surface area contributed by atoms with Gasteiger partial charge in [0, 0.05) is 0 Å². The van der Waals surface area contributed by atoms with E-state index in [4.69, 9.17) is 8.83 Å². The Morgan fingerprint density at radius 2 is 2.07 bits per heavy atom. The molecule has 74 valence electrons. The van der Waals surface area contributed by atoms with Gasteiger partial charge in [-0.25, -0.2) is 0 Å². The van der Waals surface area contributed by atoms with E-state index in [-0.39, 0.29) is 0 Å². The molecule has 2 rings (SSSR count). The molecule has 2 aromatic rings. The van der Waals surface area contributed by atoms with Crippen molar-refractivity contribution in [1.82, 2.24) is 5.32 Å². The fraction of sp³-hybridized carbons (Fsp3) is 0.200. The SMILES string of the molecule is CNCc1occc1-c1occc1Br. The van der Waals surface area contributed by atoms with Crippen LogP contribution in [0.5, 0.6) is 0 Å². The summed E-state index contributed by atoms with van der Waals surface area (Å²) in [5.41, 5.74) is 0.983. The Hall–Kier alpha value is -1.00. The van der Waals surface area contributed by atoms with Crippen molar-refractivity contribution in [3.8, 4) is 11.3 Å². The van der Waals surface area contributed by atoms with Crippen molar-refractivity contribution < 1.29 is 8.83 Å². The molecular formula is C10H10BrNO2. The second-order valence-electron chi connectivity index (χ2n) is 2.89. The molecule has 0 fully saturated rings. The highest BCUT2D eigenvalue weighted by Gasteiger charge is 2.13. The van der Waals surface area contributed by atoms with Crippen LogP contribution in [0.25, 0.3) is 11.3 Å². The lowest BCUT2D eigenvalue weighted by Crippen LogP contribution is -2.04. The summed E-state index contributed by atoms with van der Waals surface area (Å²) in [6.07, 6.45) is 3.31. The third-order valence-corrected chi connectivity index (χ3v) is 2.57. The van der Waals surface area contributed by atoms with Gasteiger partial charge in [-0.15, -0.1) is 0 Å². The van der Waals surface area contributed by atoms with Crippen molar-refractivity contribution in [1.29, 1.82) is 0 Å². The molecule has 0 bridgehead atoms. The van der Waals surface area contributed by atoms with Crippen LogP contribution < -0.4 is 5.32 Å².